The minimum atomic E-state index is 0.314. The summed E-state index contributed by atoms with van der Waals surface area (Å²) in [6.07, 6.45) is 6.90. The van der Waals surface area contributed by atoms with Gasteiger partial charge in [0.15, 0.2) is 0 Å². The van der Waals surface area contributed by atoms with Crippen LogP contribution in [0.2, 0.25) is 0 Å². The van der Waals surface area contributed by atoms with E-state index in [1.54, 1.807) is 0 Å². The predicted molar refractivity (Wildman–Crippen MR) is 74.6 cm³/mol. The first-order chi connectivity index (χ1) is 8.74. The van der Waals surface area contributed by atoms with E-state index in [1.165, 1.54) is 5.56 Å². The molecule has 3 nitrogen and oxygen atoms in total. The maximum atomic E-state index is 4.19. The van der Waals surface area contributed by atoms with Crippen molar-refractivity contribution < 1.29 is 0 Å². The molecule has 0 saturated heterocycles. The molecule has 0 aliphatic carbocycles. The average Bonchev–Trinajstić information content (AvgIpc) is 2.89. The van der Waals surface area contributed by atoms with Crippen molar-refractivity contribution in [2.75, 3.05) is 14.1 Å². The number of aromatic nitrogens is 2. The summed E-state index contributed by atoms with van der Waals surface area (Å²) >= 11 is 0. The molecule has 0 fully saturated rings. The molecule has 0 spiro atoms. The van der Waals surface area contributed by atoms with Crippen LogP contribution in [-0.2, 0) is 0 Å². The zero-order valence-electron chi connectivity index (χ0n) is 11.3. The number of rotatable bonds is 5. The van der Waals surface area contributed by atoms with Gasteiger partial charge >= 0.3 is 0 Å². The fourth-order valence-corrected chi connectivity index (χ4v) is 2.55. The van der Waals surface area contributed by atoms with Crippen molar-refractivity contribution in [1.82, 2.24) is 14.5 Å². The van der Waals surface area contributed by atoms with Crippen molar-refractivity contribution >= 4 is 0 Å². The Kier molecular flexibility index (Phi) is 4.15. The topological polar surface area (TPSA) is 21.1 Å². The number of likely N-dealkylation sites (N-methyl/N-ethyl adjacent to an activating group) is 1. The number of hydrogen-bond acceptors (Lipinski definition) is 2. The average molecular weight is 243 g/mol. The number of imidazole rings is 1. The Balaban J connectivity index is 2.41. The fraction of sp³-hybridized carbons (Fsp3) is 0.400. The lowest BCUT2D eigenvalue weighted by atomic mass is 9.96. The second-order valence-electron chi connectivity index (χ2n) is 4.80. The van der Waals surface area contributed by atoms with Gasteiger partial charge in [0.25, 0.3) is 0 Å². The molecule has 1 aromatic carbocycles. The van der Waals surface area contributed by atoms with Gasteiger partial charge in [0, 0.05) is 18.4 Å². The molecule has 96 valence electrons. The van der Waals surface area contributed by atoms with Crippen molar-refractivity contribution in [3.63, 3.8) is 0 Å². The summed E-state index contributed by atoms with van der Waals surface area (Å²) in [4.78, 5) is 6.48. The van der Waals surface area contributed by atoms with E-state index >= 15 is 0 Å². The molecule has 2 rings (SSSR count). The van der Waals surface area contributed by atoms with Gasteiger partial charge in [-0.25, -0.2) is 4.98 Å². The zero-order chi connectivity index (χ0) is 13.0. The van der Waals surface area contributed by atoms with Gasteiger partial charge in [0.05, 0.1) is 12.4 Å². The van der Waals surface area contributed by atoms with Gasteiger partial charge in [0.2, 0.25) is 0 Å². The van der Waals surface area contributed by atoms with Gasteiger partial charge in [-0.05, 0) is 26.1 Å². The molecule has 1 heterocycles. The third-order valence-corrected chi connectivity index (χ3v) is 3.43. The maximum absolute atomic E-state index is 4.19. The van der Waals surface area contributed by atoms with Crippen LogP contribution in [0.25, 0.3) is 0 Å². The molecule has 2 aromatic rings. The SMILES string of the molecule is CCC(C(c1ccccc1)n1ccnc1)N(C)C. The van der Waals surface area contributed by atoms with Crippen LogP contribution < -0.4 is 0 Å². The fourth-order valence-electron chi connectivity index (χ4n) is 2.55. The summed E-state index contributed by atoms with van der Waals surface area (Å²) < 4.78 is 2.20. The van der Waals surface area contributed by atoms with Crippen LogP contribution >= 0.6 is 0 Å². The van der Waals surface area contributed by atoms with E-state index in [2.05, 4.69) is 65.8 Å². The second-order valence-corrected chi connectivity index (χ2v) is 4.80. The number of benzene rings is 1. The van der Waals surface area contributed by atoms with Gasteiger partial charge in [-0.2, -0.15) is 0 Å². The van der Waals surface area contributed by atoms with Crippen LogP contribution in [0.5, 0.6) is 0 Å². The monoisotopic (exact) mass is 243 g/mol. The summed E-state index contributed by atoms with van der Waals surface area (Å²) in [6.45, 7) is 2.23. The Hall–Kier alpha value is -1.61. The molecule has 0 N–H and O–H groups in total. The summed E-state index contributed by atoms with van der Waals surface area (Å²) in [6, 6.07) is 11.4. The van der Waals surface area contributed by atoms with Gasteiger partial charge in [-0.3, -0.25) is 0 Å². The molecule has 1 aromatic heterocycles. The first kappa shape index (κ1) is 12.8. The van der Waals surface area contributed by atoms with Crippen LogP contribution in [0.4, 0.5) is 0 Å². The highest BCUT2D eigenvalue weighted by atomic mass is 15.2. The first-order valence-electron chi connectivity index (χ1n) is 6.43. The van der Waals surface area contributed by atoms with Crippen LogP contribution in [0.3, 0.4) is 0 Å². The lowest BCUT2D eigenvalue weighted by molar-refractivity contribution is 0.227. The van der Waals surface area contributed by atoms with Crippen molar-refractivity contribution in [3.05, 3.63) is 54.6 Å². The van der Waals surface area contributed by atoms with Crippen LogP contribution in [0.1, 0.15) is 24.9 Å². The van der Waals surface area contributed by atoms with Crippen LogP contribution in [0.15, 0.2) is 49.1 Å². The zero-order valence-corrected chi connectivity index (χ0v) is 11.3. The predicted octanol–water partition coefficient (Wildman–Crippen LogP) is 2.81. The quantitative estimate of drug-likeness (QED) is 0.805. The van der Waals surface area contributed by atoms with Gasteiger partial charge in [0.1, 0.15) is 0 Å². The molecule has 0 aliphatic heterocycles. The minimum Gasteiger partial charge on any atom is -0.328 e. The summed E-state index contributed by atoms with van der Waals surface area (Å²) in [7, 11) is 4.28. The van der Waals surface area contributed by atoms with Crippen molar-refractivity contribution in [1.29, 1.82) is 0 Å². The summed E-state index contributed by atoms with van der Waals surface area (Å²) in [5.41, 5.74) is 1.33. The second kappa shape index (κ2) is 5.83. The molecule has 0 bridgehead atoms. The molecular weight excluding hydrogens is 222 g/mol. The molecule has 2 unspecified atom stereocenters. The van der Waals surface area contributed by atoms with E-state index in [0.717, 1.165) is 6.42 Å². The van der Waals surface area contributed by atoms with E-state index in [4.69, 9.17) is 0 Å². The Morgan fingerprint density at radius 1 is 1.22 bits per heavy atom. The molecule has 0 radical (unpaired) electrons. The molecule has 0 aliphatic rings. The molecule has 3 heteroatoms. The Morgan fingerprint density at radius 3 is 2.44 bits per heavy atom. The standard InChI is InChI=1S/C15H21N3/c1-4-14(17(2)3)15(18-11-10-16-12-18)13-8-6-5-7-9-13/h5-12,14-15H,4H2,1-3H3. The molecule has 2 atom stereocenters. The molecule has 0 amide bonds. The van der Waals surface area contributed by atoms with Crippen LogP contribution in [0, 0.1) is 0 Å². The van der Waals surface area contributed by atoms with E-state index in [1.807, 2.05) is 18.7 Å². The smallest absolute Gasteiger partial charge is 0.0952 e. The number of nitrogens with zero attached hydrogens (tertiary/aromatic N) is 3. The minimum absolute atomic E-state index is 0.314. The van der Waals surface area contributed by atoms with Crippen molar-refractivity contribution in [2.45, 2.75) is 25.4 Å². The highest BCUT2D eigenvalue weighted by molar-refractivity contribution is 5.22. The van der Waals surface area contributed by atoms with E-state index in [9.17, 15) is 0 Å². The largest absolute Gasteiger partial charge is 0.328 e. The molecule has 0 saturated carbocycles. The molecule has 18 heavy (non-hydrogen) atoms. The normalized spacial score (nSPS) is 14.7. The Morgan fingerprint density at radius 2 is 1.94 bits per heavy atom. The van der Waals surface area contributed by atoms with E-state index in [0.29, 0.717) is 12.1 Å². The first-order valence-corrected chi connectivity index (χ1v) is 6.43. The number of hydrogen-bond donors (Lipinski definition) is 0. The van der Waals surface area contributed by atoms with E-state index < -0.39 is 0 Å². The lowest BCUT2D eigenvalue weighted by Crippen LogP contribution is -2.36. The lowest BCUT2D eigenvalue weighted by Gasteiger charge is -2.32. The highest BCUT2D eigenvalue weighted by Gasteiger charge is 2.24. The maximum Gasteiger partial charge on any atom is 0.0952 e. The molecular formula is C15H21N3. The third kappa shape index (κ3) is 2.62. The van der Waals surface area contributed by atoms with Gasteiger partial charge in [-0.15, -0.1) is 0 Å². The van der Waals surface area contributed by atoms with Gasteiger partial charge < -0.3 is 9.47 Å². The highest BCUT2D eigenvalue weighted by Crippen LogP contribution is 2.26. The van der Waals surface area contributed by atoms with Gasteiger partial charge in [-0.1, -0.05) is 37.3 Å². The summed E-state index contributed by atoms with van der Waals surface area (Å²) in [5, 5.41) is 0. The Bertz CT molecular complexity index is 448. The van der Waals surface area contributed by atoms with E-state index in [-0.39, 0.29) is 0 Å². The van der Waals surface area contributed by atoms with Crippen molar-refractivity contribution in [3.8, 4) is 0 Å². The Labute approximate surface area is 109 Å². The summed E-state index contributed by atoms with van der Waals surface area (Å²) in [5.74, 6) is 0. The van der Waals surface area contributed by atoms with Crippen molar-refractivity contribution in [2.24, 2.45) is 0 Å². The third-order valence-electron chi connectivity index (χ3n) is 3.43. The van der Waals surface area contributed by atoms with Crippen LogP contribution in [-0.4, -0.2) is 34.6 Å².